The minimum atomic E-state index is -3.45. The lowest BCUT2D eigenvalue weighted by Gasteiger charge is -2.12. The molecular formula is C14H20N3O2S+. The summed E-state index contributed by atoms with van der Waals surface area (Å²) in [4.78, 5) is 1.78. The van der Waals surface area contributed by atoms with Gasteiger partial charge in [0, 0.05) is 25.8 Å². The third-order valence-electron chi connectivity index (χ3n) is 3.60. The average molecular weight is 294 g/mol. The van der Waals surface area contributed by atoms with Gasteiger partial charge in [0.05, 0.1) is 36.2 Å². The zero-order valence-corrected chi connectivity index (χ0v) is 12.2. The first kappa shape index (κ1) is 15.0. The normalized spacial score (nSPS) is 16.1. The fourth-order valence-corrected chi connectivity index (χ4v) is 3.54. The van der Waals surface area contributed by atoms with Crippen LogP contribution in [0.4, 0.5) is 0 Å². The monoisotopic (exact) mass is 294 g/mol. The van der Waals surface area contributed by atoms with Gasteiger partial charge >= 0.3 is 0 Å². The zero-order valence-electron chi connectivity index (χ0n) is 11.4. The van der Waals surface area contributed by atoms with Crippen molar-refractivity contribution >= 4 is 10.0 Å². The van der Waals surface area contributed by atoms with Crippen molar-refractivity contribution in [1.82, 2.24) is 4.72 Å². The molecule has 0 bridgehead atoms. The predicted molar refractivity (Wildman–Crippen MR) is 75.8 cm³/mol. The summed E-state index contributed by atoms with van der Waals surface area (Å²) in [5.74, 6) is 0. The number of quaternary nitrogens is 1. The van der Waals surface area contributed by atoms with Gasteiger partial charge in [-0.05, 0) is 24.3 Å². The fourth-order valence-electron chi connectivity index (χ4n) is 2.46. The van der Waals surface area contributed by atoms with E-state index in [9.17, 15) is 8.42 Å². The number of rotatable bonds is 6. The second-order valence-corrected chi connectivity index (χ2v) is 6.86. The number of nitrogens with zero attached hydrogens (tertiary/aromatic N) is 1. The van der Waals surface area contributed by atoms with E-state index >= 15 is 0 Å². The summed E-state index contributed by atoms with van der Waals surface area (Å²) in [6.07, 6.45) is 3.42. The predicted octanol–water partition coefficient (Wildman–Crippen LogP) is -0.0946. The Morgan fingerprint density at radius 3 is 2.45 bits per heavy atom. The molecule has 0 aromatic heterocycles. The number of likely N-dealkylation sites (tertiary alicyclic amines) is 1. The lowest BCUT2D eigenvalue weighted by molar-refractivity contribution is -0.887. The highest BCUT2D eigenvalue weighted by Crippen LogP contribution is 2.09. The number of benzene rings is 1. The van der Waals surface area contributed by atoms with Crippen molar-refractivity contribution in [2.75, 3.05) is 26.2 Å². The van der Waals surface area contributed by atoms with Crippen molar-refractivity contribution in [2.45, 2.75) is 24.2 Å². The Morgan fingerprint density at radius 1 is 1.20 bits per heavy atom. The highest BCUT2D eigenvalue weighted by Gasteiger charge is 2.16. The highest BCUT2D eigenvalue weighted by molar-refractivity contribution is 7.89. The number of hydrogen-bond acceptors (Lipinski definition) is 3. The van der Waals surface area contributed by atoms with E-state index in [0.29, 0.717) is 12.1 Å². The SMILES string of the molecule is N#Cc1ccc(S(=O)(=O)NCCC[NH+]2CCCC2)cc1. The molecule has 6 heteroatoms. The van der Waals surface area contributed by atoms with Crippen LogP contribution < -0.4 is 9.62 Å². The molecule has 1 aliphatic heterocycles. The van der Waals surface area contributed by atoms with Gasteiger partial charge in [-0.3, -0.25) is 0 Å². The molecule has 1 heterocycles. The van der Waals surface area contributed by atoms with Gasteiger partial charge in [0.1, 0.15) is 0 Å². The molecule has 0 atom stereocenters. The van der Waals surface area contributed by atoms with Crippen LogP contribution in [0.2, 0.25) is 0 Å². The lowest BCUT2D eigenvalue weighted by atomic mass is 10.2. The quantitative estimate of drug-likeness (QED) is 0.720. The summed E-state index contributed by atoms with van der Waals surface area (Å²) in [5, 5.41) is 8.69. The van der Waals surface area contributed by atoms with E-state index in [1.54, 1.807) is 4.90 Å². The molecule has 0 unspecified atom stereocenters. The van der Waals surface area contributed by atoms with Crippen LogP contribution in [0.25, 0.3) is 0 Å². The second-order valence-electron chi connectivity index (χ2n) is 5.09. The molecular weight excluding hydrogens is 274 g/mol. The van der Waals surface area contributed by atoms with Crippen LogP contribution in [0.3, 0.4) is 0 Å². The van der Waals surface area contributed by atoms with Crippen LogP contribution in [0, 0.1) is 11.3 Å². The Labute approximate surface area is 120 Å². The summed E-state index contributed by atoms with van der Waals surface area (Å²) in [6.45, 7) is 3.91. The zero-order chi connectivity index (χ0) is 14.4. The van der Waals surface area contributed by atoms with Gasteiger partial charge in [-0.25, -0.2) is 13.1 Å². The maximum atomic E-state index is 12.0. The maximum absolute atomic E-state index is 12.0. The van der Waals surface area contributed by atoms with E-state index < -0.39 is 10.0 Å². The van der Waals surface area contributed by atoms with E-state index in [1.165, 1.54) is 50.2 Å². The minimum absolute atomic E-state index is 0.213. The number of hydrogen-bond donors (Lipinski definition) is 2. The molecule has 0 saturated carbocycles. The molecule has 1 fully saturated rings. The molecule has 5 nitrogen and oxygen atoms in total. The molecule has 2 rings (SSSR count). The summed E-state index contributed by atoms with van der Waals surface area (Å²) in [7, 11) is -3.45. The topological polar surface area (TPSA) is 74.4 Å². The molecule has 1 aromatic carbocycles. The van der Waals surface area contributed by atoms with Crippen LogP contribution in [0.5, 0.6) is 0 Å². The van der Waals surface area contributed by atoms with Gasteiger partial charge in [0.2, 0.25) is 10.0 Å². The maximum Gasteiger partial charge on any atom is 0.240 e. The first-order chi connectivity index (χ1) is 9.62. The van der Waals surface area contributed by atoms with E-state index in [-0.39, 0.29) is 4.90 Å². The van der Waals surface area contributed by atoms with E-state index in [2.05, 4.69) is 4.72 Å². The summed E-state index contributed by atoms with van der Waals surface area (Å²) >= 11 is 0. The lowest BCUT2D eigenvalue weighted by Crippen LogP contribution is -3.10. The molecule has 2 N–H and O–H groups in total. The summed E-state index contributed by atoms with van der Waals surface area (Å²) < 4.78 is 26.7. The molecule has 0 radical (unpaired) electrons. The largest absolute Gasteiger partial charge is 0.335 e. The third kappa shape index (κ3) is 4.04. The smallest absolute Gasteiger partial charge is 0.240 e. The summed E-state index contributed by atoms with van der Waals surface area (Å²) in [6, 6.07) is 7.93. The minimum Gasteiger partial charge on any atom is -0.335 e. The Kier molecular flexibility index (Phi) is 5.12. The molecule has 1 saturated heterocycles. The van der Waals surface area contributed by atoms with Gasteiger partial charge < -0.3 is 4.90 Å². The van der Waals surface area contributed by atoms with Gasteiger partial charge in [-0.2, -0.15) is 5.26 Å². The standard InChI is InChI=1S/C14H19N3O2S/c15-12-13-4-6-14(7-5-13)20(18,19)16-8-3-11-17-9-1-2-10-17/h4-7,16H,1-3,8-11H2/p+1. The Hall–Kier alpha value is -1.42. The number of nitriles is 1. The highest BCUT2D eigenvalue weighted by atomic mass is 32.2. The molecule has 0 aliphatic carbocycles. The van der Waals surface area contributed by atoms with Crippen LogP contribution in [-0.2, 0) is 10.0 Å². The van der Waals surface area contributed by atoms with Crippen molar-refractivity contribution in [3.63, 3.8) is 0 Å². The van der Waals surface area contributed by atoms with Crippen LogP contribution in [-0.4, -0.2) is 34.6 Å². The molecule has 0 amide bonds. The van der Waals surface area contributed by atoms with Crippen LogP contribution in [0.1, 0.15) is 24.8 Å². The second kappa shape index (κ2) is 6.84. The Bertz CT molecular complexity index is 569. The molecule has 20 heavy (non-hydrogen) atoms. The Balaban J connectivity index is 1.82. The van der Waals surface area contributed by atoms with Crippen molar-refractivity contribution in [3.8, 4) is 6.07 Å². The number of nitrogens with one attached hydrogen (secondary N) is 2. The first-order valence-electron chi connectivity index (χ1n) is 6.95. The van der Waals surface area contributed by atoms with Crippen molar-refractivity contribution < 1.29 is 13.3 Å². The third-order valence-corrected chi connectivity index (χ3v) is 5.08. The molecule has 108 valence electrons. The van der Waals surface area contributed by atoms with Crippen LogP contribution in [0.15, 0.2) is 29.2 Å². The van der Waals surface area contributed by atoms with Crippen molar-refractivity contribution in [1.29, 1.82) is 5.26 Å². The van der Waals surface area contributed by atoms with E-state index in [0.717, 1.165) is 13.0 Å². The van der Waals surface area contributed by atoms with Gasteiger partial charge in [0.25, 0.3) is 0 Å². The molecule has 1 aromatic rings. The average Bonchev–Trinajstić information content (AvgIpc) is 2.97. The first-order valence-corrected chi connectivity index (χ1v) is 8.43. The fraction of sp³-hybridized carbons (Fsp3) is 0.500. The molecule has 0 spiro atoms. The van der Waals surface area contributed by atoms with Crippen LogP contribution >= 0.6 is 0 Å². The summed E-state index contributed by atoms with van der Waals surface area (Å²) in [5.41, 5.74) is 0.460. The van der Waals surface area contributed by atoms with Crippen molar-refractivity contribution in [2.24, 2.45) is 0 Å². The Morgan fingerprint density at radius 2 is 1.85 bits per heavy atom. The van der Waals surface area contributed by atoms with E-state index in [4.69, 9.17) is 5.26 Å². The number of sulfonamides is 1. The van der Waals surface area contributed by atoms with Gasteiger partial charge in [-0.1, -0.05) is 0 Å². The van der Waals surface area contributed by atoms with E-state index in [1.807, 2.05) is 6.07 Å². The van der Waals surface area contributed by atoms with Gasteiger partial charge in [0.15, 0.2) is 0 Å². The molecule has 1 aliphatic rings. The van der Waals surface area contributed by atoms with Crippen molar-refractivity contribution in [3.05, 3.63) is 29.8 Å². The van der Waals surface area contributed by atoms with Gasteiger partial charge in [-0.15, -0.1) is 0 Å².